The molecule has 4 N–H and O–H groups in total. The van der Waals surface area contributed by atoms with Crippen LogP contribution < -0.4 is 5.32 Å². The number of carboxylic acids is 1. The van der Waals surface area contributed by atoms with Gasteiger partial charge < -0.3 is 25.2 Å². The van der Waals surface area contributed by atoms with Crippen LogP contribution in [0.5, 0.6) is 0 Å². The van der Waals surface area contributed by atoms with E-state index in [-0.39, 0.29) is 12.8 Å². The Bertz CT molecular complexity index is 497. The molecule has 11 nitrogen and oxygen atoms in total. The molecular weight excluding hydrogens is 361 g/mol. The fourth-order valence-corrected chi connectivity index (χ4v) is 2.14. The van der Waals surface area contributed by atoms with Gasteiger partial charge >= 0.3 is 19.8 Å². The first kappa shape index (κ1) is 23.5. The number of carbonyl (C=O) groups is 3. The van der Waals surface area contributed by atoms with Crippen LogP contribution in [0.1, 0.15) is 33.1 Å². The minimum Gasteiger partial charge on any atom is -0.480 e. The van der Waals surface area contributed by atoms with Crippen LogP contribution in [-0.2, 0) is 32.7 Å². The Kier molecular flexibility index (Phi) is 11.2. The zero-order valence-electron chi connectivity index (χ0n) is 14.0. The number of amides is 1. The number of hydrogen-bond acceptors (Lipinski definition) is 8. The molecule has 0 fully saturated rings. The molecule has 0 saturated heterocycles. The molecule has 0 aromatic heterocycles. The highest BCUT2D eigenvalue weighted by atomic mass is 31.2. The number of nitrogens with one attached hydrogen (secondary N) is 1. The number of phosphoric acid groups is 1. The van der Waals surface area contributed by atoms with Crippen molar-refractivity contribution < 1.29 is 47.8 Å². The quantitative estimate of drug-likeness (QED) is 0.246. The van der Waals surface area contributed by atoms with E-state index in [4.69, 9.17) is 5.11 Å². The van der Waals surface area contributed by atoms with Gasteiger partial charge in [0, 0.05) is 12.8 Å². The van der Waals surface area contributed by atoms with Crippen molar-refractivity contribution in [3.05, 3.63) is 0 Å². The van der Waals surface area contributed by atoms with E-state index in [2.05, 4.69) is 19.1 Å². The summed E-state index contributed by atoms with van der Waals surface area (Å²) in [5.41, 5.74) is 0. The summed E-state index contributed by atoms with van der Waals surface area (Å²) in [6.07, 6.45) is -0.584. The van der Waals surface area contributed by atoms with E-state index in [1.165, 1.54) is 6.92 Å². The van der Waals surface area contributed by atoms with E-state index in [1.54, 1.807) is 6.92 Å². The lowest BCUT2D eigenvalue weighted by Gasteiger charge is -2.18. The van der Waals surface area contributed by atoms with Crippen molar-refractivity contribution >= 4 is 25.7 Å². The maximum absolute atomic E-state index is 11.6. The average molecular weight is 385 g/mol. The standard InChI is InChI=1S/C13H24NO10P/c1-3-5-12(17)22-6-9(15)7-23-25(20,21)24-8-10(13(18)19)14-11(16)4-2/h9-10,15H,3-8H2,1-2H3,(H,14,16)(H,18,19)(H,20,21). The predicted octanol–water partition coefficient (Wildman–Crippen LogP) is -0.196. The summed E-state index contributed by atoms with van der Waals surface area (Å²) in [6, 6.07) is -1.53. The molecule has 0 aliphatic heterocycles. The summed E-state index contributed by atoms with van der Waals surface area (Å²) < 4.78 is 25.3. The first-order chi connectivity index (χ1) is 11.6. The molecule has 0 bridgehead atoms. The van der Waals surface area contributed by atoms with Gasteiger partial charge in [0.25, 0.3) is 0 Å². The number of ether oxygens (including phenoxy) is 1. The van der Waals surface area contributed by atoms with Crippen LogP contribution in [0, 0.1) is 0 Å². The van der Waals surface area contributed by atoms with Crippen LogP contribution in [0.25, 0.3) is 0 Å². The summed E-state index contributed by atoms with van der Waals surface area (Å²) in [7, 11) is -4.67. The zero-order valence-corrected chi connectivity index (χ0v) is 14.9. The minimum atomic E-state index is -4.67. The van der Waals surface area contributed by atoms with Crippen LogP contribution in [0.15, 0.2) is 0 Å². The van der Waals surface area contributed by atoms with Crippen molar-refractivity contribution in [2.75, 3.05) is 19.8 Å². The van der Waals surface area contributed by atoms with E-state index in [0.29, 0.717) is 6.42 Å². The minimum absolute atomic E-state index is 0.0278. The Balaban J connectivity index is 4.29. The molecule has 146 valence electrons. The first-order valence-corrected chi connectivity index (χ1v) is 9.08. The van der Waals surface area contributed by atoms with Gasteiger partial charge in [-0.05, 0) is 6.42 Å². The molecule has 3 atom stereocenters. The Morgan fingerprint density at radius 3 is 2.24 bits per heavy atom. The second kappa shape index (κ2) is 11.9. The van der Waals surface area contributed by atoms with Gasteiger partial charge in [0.2, 0.25) is 5.91 Å². The molecule has 0 saturated carbocycles. The van der Waals surface area contributed by atoms with Gasteiger partial charge in [-0.15, -0.1) is 0 Å². The molecular formula is C13H24NO10P. The molecule has 25 heavy (non-hydrogen) atoms. The van der Waals surface area contributed by atoms with Crippen LogP contribution in [0.4, 0.5) is 0 Å². The number of hydrogen-bond donors (Lipinski definition) is 4. The van der Waals surface area contributed by atoms with Crippen molar-refractivity contribution in [3.63, 3.8) is 0 Å². The molecule has 3 unspecified atom stereocenters. The molecule has 0 spiro atoms. The maximum atomic E-state index is 11.6. The van der Waals surface area contributed by atoms with E-state index < -0.39 is 57.6 Å². The highest BCUT2D eigenvalue weighted by molar-refractivity contribution is 7.47. The molecule has 0 aromatic rings. The number of phosphoric ester groups is 1. The van der Waals surface area contributed by atoms with Gasteiger partial charge in [-0.3, -0.25) is 18.6 Å². The summed E-state index contributed by atoms with van der Waals surface area (Å²) in [5, 5.41) is 20.5. The lowest BCUT2D eigenvalue weighted by atomic mass is 10.3. The highest BCUT2D eigenvalue weighted by Crippen LogP contribution is 2.43. The second-order valence-corrected chi connectivity index (χ2v) is 6.41. The van der Waals surface area contributed by atoms with Gasteiger partial charge in [-0.25, -0.2) is 9.36 Å². The monoisotopic (exact) mass is 385 g/mol. The Labute approximate surface area is 144 Å². The average Bonchev–Trinajstić information content (AvgIpc) is 2.54. The van der Waals surface area contributed by atoms with E-state index in [1.807, 2.05) is 0 Å². The number of aliphatic carboxylic acids is 1. The number of carbonyl (C=O) groups excluding carboxylic acids is 2. The molecule has 0 heterocycles. The largest absolute Gasteiger partial charge is 0.480 e. The third-order valence-corrected chi connectivity index (χ3v) is 3.63. The molecule has 0 aliphatic carbocycles. The molecule has 0 aromatic carbocycles. The van der Waals surface area contributed by atoms with Gasteiger partial charge in [-0.1, -0.05) is 13.8 Å². The van der Waals surface area contributed by atoms with E-state index >= 15 is 0 Å². The van der Waals surface area contributed by atoms with E-state index in [0.717, 1.165) is 0 Å². The Hall–Kier alpha value is -1.52. The Morgan fingerprint density at radius 1 is 1.12 bits per heavy atom. The van der Waals surface area contributed by atoms with Gasteiger partial charge in [0.15, 0.2) is 6.04 Å². The summed E-state index contributed by atoms with van der Waals surface area (Å²) in [5.74, 6) is -2.56. The number of carboxylic acid groups (broad SMARTS) is 1. The third-order valence-electron chi connectivity index (χ3n) is 2.68. The summed E-state index contributed by atoms with van der Waals surface area (Å²) >= 11 is 0. The maximum Gasteiger partial charge on any atom is 0.472 e. The van der Waals surface area contributed by atoms with Crippen LogP contribution in [0.3, 0.4) is 0 Å². The molecule has 0 rings (SSSR count). The Morgan fingerprint density at radius 2 is 1.72 bits per heavy atom. The van der Waals surface area contributed by atoms with Crippen molar-refractivity contribution in [2.24, 2.45) is 0 Å². The lowest BCUT2D eigenvalue weighted by molar-refractivity contribution is -0.147. The molecule has 0 aliphatic rings. The fraction of sp³-hybridized carbons (Fsp3) is 0.769. The first-order valence-electron chi connectivity index (χ1n) is 7.59. The summed E-state index contributed by atoms with van der Waals surface area (Å²) in [4.78, 5) is 42.7. The predicted molar refractivity (Wildman–Crippen MR) is 83.5 cm³/mol. The topological polar surface area (TPSA) is 169 Å². The molecule has 1 amide bonds. The van der Waals surface area contributed by atoms with Crippen LogP contribution in [0.2, 0.25) is 0 Å². The number of aliphatic hydroxyl groups is 1. The highest BCUT2D eigenvalue weighted by Gasteiger charge is 2.28. The summed E-state index contributed by atoms with van der Waals surface area (Å²) in [6.45, 7) is 1.36. The molecule has 0 radical (unpaired) electrons. The van der Waals surface area contributed by atoms with Gasteiger partial charge in [0.1, 0.15) is 12.7 Å². The van der Waals surface area contributed by atoms with Crippen LogP contribution in [-0.4, -0.2) is 64.9 Å². The molecule has 12 heteroatoms. The van der Waals surface area contributed by atoms with Crippen molar-refractivity contribution in [1.82, 2.24) is 5.32 Å². The van der Waals surface area contributed by atoms with Crippen molar-refractivity contribution in [1.29, 1.82) is 0 Å². The smallest absolute Gasteiger partial charge is 0.472 e. The van der Waals surface area contributed by atoms with Crippen molar-refractivity contribution in [3.8, 4) is 0 Å². The van der Waals surface area contributed by atoms with Gasteiger partial charge in [-0.2, -0.15) is 0 Å². The fourth-order valence-electron chi connectivity index (χ4n) is 1.37. The lowest BCUT2D eigenvalue weighted by Crippen LogP contribution is -2.43. The number of esters is 1. The normalized spacial score (nSPS) is 15.7. The number of aliphatic hydroxyl groups excluding tert-OH is 1. The van der Waals surface area contributed by atoms with Gasteiger partial charge in [0.05, 0.1) is 13.2 Å². The zero-order chi connectivity index (χ0) is 19.5. The van der Waals surface area contributed by atoms with Crippen LogP contribution >= 0.6 is 7.82 Å². The third kappa shape index (κ3) is 11.6. The SMILES string of the molecule is CCCC(=O)OCC(O)COP(=O)(O)OCC(NC(=O)CC)C(=O)O. The second-order valence-electron chi connectivity index (χ2n) is 4.96. The van der Waals surface area contributed by atoms with Crippen molar-refractivity contribution in [2.45, 2.75) is 45.3 Å². The number of rotatable bonds is 13. The van der Waals surface area contributed by atoms with E-state index in [9.17, 15) is 28.9 Å².